The Hall–Kier alpha value is -4.39. The van der Waals surface area contributed by atoms with Gasteiger partial charge in [0.05, 0.1) is 17.3 Å². The maximum atomic E-state index is 13.0. The molecule has 5 rings (SSSR count). The molecule has 224 valence electrons. The van der Waals surface area contributed by atoms with Gasteiger partial charge < -0.3 is 10.2 Å². The van der Waals surface area contributed by atoms with Gasteiger partial charge in [0, 0.05) is 30.3 Å². The molecule has 1 aromatic heterocycles. The number of aryl methyl sites for hydroxylation is 1. The van der Waals surface area contributed by atoms with Crippen LogP contribution in [0, 0.1) is 12.8 Å². The van der Waals surface area contributed by atoms with Crippen LogP contribution in [0.2, 0.25) is 0 Å². The molecule has 0 spiro atoms. The number of anilines is 2. The van der Waals surface area contributed by atoms with Gasteiger partial charge in [0.25, 0.3) is 0 Å². The number of rotatable bonds is 7. The summed E-state index contributed by atoms with van der Waals surface area (Å²) >= 11 is 0. The minimum Gasteiger partial charge on any atom is -0.342 e. The summed E-state index contributed by atoms with van der Waals surface area (Å²) in [6.45, 7) is 12.0. The number of benzene rings is 3. The van der Waals surface area contributed by atoms with Crippen molar-refractivity contribution in [2.75, 3.05) is 23.7 Å². The molecule has 1 aliphatic heterocycles. The van der Waals surface area contributed by atoms with Crippen LogP contribution in [0.4, 0.5) is 16.3 Å². The highest BCUT2D eigenvalue weighted by Gasteiger charge is 2.27. The lowest BCUT2D eigenvalue weighted by molar-refractivity contribution is -0.133. The van der Waals surface area contributed by atoms with E-state index < -0.39 is 0 Å². The fourth-order valence-corrected chi connectivity index (χ4v) is 5.57. The SMILES string of the molecule is Cc1ccc(-n2nc(C(C)(C)C)cc2NC(=O)Nc2ccc(CC3CCN(C(=O)[C@H](C)c4ccccc4)CC3)cc2)cc1. The highest BCUT2D eigenvalue weighted by molar-refractivity contribution is 5.99. The van der Waals surface area contributed by atoms with E-state index in [2.05, 4.69) is 43.5 Å². The number of carbonyl (C=O) groups excluding carboxylic acids is 2. The summed E-state index contributed by atoms with van der Waals surface area (Å²) in [5, 5.41) is 10.8. The monoisotopic (exact) mass is 577 g/mol. The van der Waals surface area contributed by atoms with Gasteiger partial charge in [-0.1, -0.05) is 80.9 Å². The molecule has 1 aliphatic rings. The van der Waals surface area contributed by atoms with Crippen molar-refractivity contribution in [3.8, 4) is 5.69 Å². The van der Waals surface area contributed by atoms with E-state index in [0.29, 0.717) is 11.7 Å². The Morgan fingerprint density at radius 1 is 0.907 bits per heavy atom. The molecule has 2 N–H and O–H groups in total. The van der Waals surface area contributed by atoms with Crippen LogP contribution >= 0.6 is 0 Å². The first kappa shape index (κ1) is 30.1. The second-order valence-corrected chi connectivity index (χ2v) is 12.8. The lowest BCUT2D eigenvalue weighted by atomic mass is 9.89. The Kier molecular flexibility index (Phi) is 9.00. The Morgan fingerprint density at radius 2 is 1.56 bits per heavy atom. The van der Waals surface area contributed by atoms with Crippen LogP contribution in [0.25, 0.3) is 5.69 Å². The molecular formula is C36H43N5O2. The third kappa shape index (κ3) is 7.53. The number of carbonyl (C=O) groups is 2. The second-order valence-electron chi connectivity index (χ2n) is 12.8. The largest absolute Gasteiger partial charge is 0.342 e. The number of nitrogens with one attached hydrogen (secondary N) is 2. The maximum absolute atomic E-state index is 13.0. The number of amides is 3. The molecule has 4 aromatic rings. The molecule has 0 saturated carbocycles. The van der Waals surface area contributed by atoms with E-state index in [4.69, 9.17) is 5.10 Å². The average molecular weight is 578 g/mol. The van der Waals surface area contributed by atoms with Crippen LogP contribution in [0.1, 0.15) is 68.8 Å². The predicted octanol–water partition coefficient (Wildman–Crippen LogP) is 7.71. The minimum atomic E-state index is -0.316. The number of aromatic nitrogens is 2. The zero-order valence-corrected chi connectivity index (χ0v) is 25.9. The van der Waals surface area contributed by atoms with E-state index in [0.717, 1.165) is 60.5 Å². The summed E-state index contributed by atoms with van der Waals surface area (Å²) in [4.78, 5) is 28.1. The van der Waals surface area contributed by atoms with Gasteiger partial charge in [-0.3, -0.25) is 10.1 Å². The summed E-state index contributed by atoms with van der Waals surface area (Å²) in [6.07, 6.45) is 2.97. The molecule has 3 amide bonds. The normalized spacial score (nSPS) is 14.8. The predicted molar refractivity (Wildman–Crippen MR) is 174 cm³/mol. The third-order valence-corrected chi connectivity index (χ3v) is 8.33. The van der Waals surface area contributed by atoms with Crippen LogP contribution in [0.5, 0.6) is 0 Å². The summed E-state index contributed by atoms with van der Waals surface area (Å²) < 4.78 is 1.78. The molecule has 0 unspecified atom stereocenters. The van der Waals surface area contributed by atoms with Crippen LogP contribution in [-0.2, 0) is 16.6 Å². The number of hydrogen-bond acceptors (Lipinski definition) is 3. The minimum absolute atomic E-state index is 0.112. The van der Waals surface area contributed by atoms with Crippen molar-refractivity contribution in [2.45, 2.75) is 65.2 Å². The molecule has 7 heteroatoms. The fourth-order valence-electron chi connectivity index (χ4n) is 5.57. The standard InChI is InChI=1S/C36H43N5O2/c1-25-11-17-31(18-12-25)41-33(24-32(39-41)36(3,4)5)38-35(43)37-30-15-13-27(14-16-30)23-28-19-21-40(22-20-28)34(42)26(2)29-9-7-6-8-10-29/h6-18,24,26,28H,19-23H2,1-5H3,(H2,37,38,43)/t26-/m1/s1. The molecule has 0 radical (unpaired) electrons. The molecular weight excluding hydrogens is 534 g/mol. The number of hydrogen-bond donors (Lipinski definition) is 2. The highest BCUT2D eigenvalue weighted by Crippen LogP contribution is 2.28. The van der Waals surface area contributed by atoms with Gasteiger partial charge in [-0.15, -0.1) is 0 Å². The Morgan fingerprint density at radius 3 is 2.19 bits per heavy atom. The van der Waals surface area contributed by atoms with Crippen molar-refractivity contribution in [3.63, 3.8) is 0 Å². The van der Waals surface area contributed by atoms with Gasteiger partial charge in [-0.05, 0) is 74.4 Å². The topological polar surface area (TPSA) is 79.3 Å². The molecule has 43 heavy (non-hydrogen) atoms. The first-order chi connectivity index (χ1) is 20.6. The van der Waals surface area contributed by atoms with Gasteiger partial charge in [0.1, 0.15) is 5.82 Å². The van der Waals surface area contributed by atoms with Crippen molar-refractivity contribution < 1.29 is 9.59 Å². The smallest absolute Gasteiger partial charge is 0.324 e. The Labute approximate surface area is 255 Å². The van der Waals surface area contributed by atoms with Crippen LogP contribution in [-0.4, -0.2) is 39.7 Å². The summed E-state index contributed by atoms with van der Waals surface area (Å²) in [5.74, 6) is 1.26. The average Bonchev–Trinajstić information content (AvgIpc) is 3.43. The van der Waals surface area contributed by atoms with Crippen LogP contribution in [0.3, 0.4) is 0 Å². The summed E-state index contributed by atoms with van der Waals surface area (Å²) in [5.41, 5.74) is 5.83. The van der Waals surface area contributed by atoms with Gasteiger partial charge in [-0.25, -0.2) is 9.48 Å². The van der Waals surface area contributed by atoms with E-state index in [1.807, 2.05) is 91.5 Å². The fraction of sp³-hybridized carbons (Fsp3) is 0.361. The number of likely N-dealkylation sites (tertiary alicyclic amines) is 1. The molecule has 1 atom stereocenters. The summed E-state index contributed by atoms with van der Waals surface area (Å²) in [7, 11) is 0. The summed E-state index contributed by atoms with van der Waals surface area (Å²) in [6, 6.07) is 27.8. The zero-order chi connectivity index (χ0) is 30.6. The number of piperidine rings is 1. The molecule has 1 fully saturated rings. The van der Waals surface area contributed by atoms with E-state index >= 15 is 0 Å². The molecule has 1 saturated heterocycles. The second kappa shape index (κ2) is 12.9. The molecule has 2 heterocycles. The van der Waals surface area contributed by atoms with Crippen molar-refractivity contribution in [2.24, 2.45) is 5.92 Å². The van der Waals surface area contributed by atoms with E-state index in [9.17, 15) is 9.59 Å². The van der Waals surface area contributed by atoms with E-state index in [-0.39, 0.29) is 23.3 Å². The van der Waals surface area contributed by atoms with Crippen molar-refractivity contribution >= 4 is 23.4 Å². The Bertz CT molecular complexity index is 1530. The van der Waals surface area contributed by atoms with Crippen molar-refractivity contribution in [1.82, 2.24) is 14.7 Å². The van der Waals surface area contributed by atoms with Gasteiger partial charge in [0.2, 0.25) is 5.91 Å². The molecule has 0 aliphatic carbocycles. The van der Waals surface area contributed by atoms with Crippen LogP contribution < -0.4 is 10.6 Å². The number of nitrogens with zero attached hydrogens (tertiary/aromatic N) is 3. The zero-order valence-electron chi connectivity index (χ0n) is 25.9. The maximum Gasteiger partial charge on any atom is 0.324 e. The van der Waals surface area contributed by atoms with E-state index in [1.54, 1.807) is 4.68 Å². The third-order valence-electron chi connectivity index (χ3n) is 8.33. The Balaban J connectivity index is 1.15. The van der Waals surface area contributed by atoms with Crippen molar-refractivity contribution in [1.29, 1.82) is 0 Å². The lowest BCUT2D eigenvalue weighted by Crippen LogP contribution is -2.40. The van der Waals surface area contributed by atoms with Crippen LogP contribution in [0.15, 0.2) is 84.9 Å². The van der Waals surface area contributed by atoms with Gasteiger partial charge in [-0.2, -0.15) is 5.10 Å². The first-order valence-electron chi connectivity index (χ1n) is 15.2. The lowest BCUT2D eigenvalue weighted by Gasteiger charge is -2.34. The van der Waals surface area contributed by atoms with E-state index in [1.165, 1.54) is 5.56 Å². The van der Waals surface area contributed by atoms with Gasteiger partial charge >= 0.3 is 6.03 Å². The first-order valence-corrected chi connectivity index (χ1v) is 15.2. The number of urea groups is 1. The quantitative estimate of drug-likeness (QED) is 0.236. The molecule has 7 nitrogen and oxygen atoms in total. The van der Waals surface area contributed by atoms with Gasteiger partial charge in [0.15, 0.2) is 0 Å². The highest BCUT2D eigenvalue weighted by atomic mass is 16.2. The molecule has 0 bridgehead atoms. The van der Waals surface area contributed by atoms with Crippen molar-refractivity contribution in [3.05, 3.63) is 107 Å². The molecule has 3 aromatic carbocycles.